The van der Waals surface area contributed by atoms with Gasteiger partial charge in [0.2, 0.25) is 5.91 Å². The number of carbonyl (C=O) groups is 2. The van der Waals surface area contributed by atoms with E-state index < -0.39 is 10.9 Å². The Bertz CT molecular complexity index is 599. The highest BCUT2D eigenvalue weighted by Gasteiger charge is 2.60. The third-order valence-electron chi connectivity index (χ3n) is 3.87. The summed E-state index contributed by atoms with van der Waals surface area (Å²) >= 11 is 6.60. The molecule has 4 nitrogen and oxygen atoms in total. The molecule has 0 saturated carbocycles. The average molecular weight is 277 g/mol. The Hall–Kier alpha value is -1.81. The van der Waals surface area contributed by atoms with Gasteiger partial charge in [-0.2, -0.15) is 0 Å². The van der Waals surface area contributed by atoms with Crippen molar-refractivity contribution >= 4 is 29.1 Å². The van der Waals surface area contributed by atoms with Crippen molar-refractivity contribution in [1.82, 2.24) is 9.80 Å². The van der Waals surface area contributed by atoms with Gasteiger partial charge in [-0.1, -0.05) is 48.0 Å². The van der Waals surface area contributed by atoms with E-state index in [1.165, 1.54) is 11.9 Å². The molecule has 1 aromatic carbocycles. The van der Waals surface area contributed by atoms with E-state index in [1.807, 2.05) is 36.4 Å². The zero-order chi connectivity index (χ0) is 13.8. The fraction of sp³-hybridized carbons (Fsp3) is 0.286. The van der Waals surface area contributed by atoms with Crippen molar-refractivity contribution in [2.75, 3.05) is 14.1 Å². The summed E-state index contributed by atoms with van der Waals surface area (Å²) in [4.78, 5) is 25.6. The van der Waals surface area contributed by atoms with Gasteiger partial charge in [-0.25, -0.2) is 4.79 Å². The second-order valence-corrected chi connectivity index (χ2v) is 5.41. The summed E-state index contributed by atoms with van der Waals surface area (Å²) in [5, 5.41) is 0. The van der Waals surface area contributed by atoms with Gasteiger partial charge in [0, 0.05) is 14.1 Å². The van der Waals surface area contributed by atoms with Crippen LogP contribution in [0.15, 0.2) is 36.4 Å². The molecule has 1 aliphatic carbocycles. The Morgan fingerprint density at radius 1 is 1.16 bits per heavy atom. The van der Waals surface area contributed by atoms with Crippen molar-refractivity contribution < 1.29 is 9.59 Å². The van der Waals surface area contributed by atoms with Crippen LogP contribution in [-0.4, -0.2) is 40.8 Å². The number of likely N-dealkylation sites (N-methyl/N-ethyl adjacent to an activating group) is 1. The van der Waals surface area contributed by atoms with Crippen LogP contribution < -0.4 is 0 Å². The van der Waals surface area contributed by atoms with E-state index in [-0.39, 0.29) is 11.9 Å². The molecule has 0 aromatic heterocycles. The van der Waals surface area contributed by atoms with E-state index >= 15 is 0 Å². The van der Waals surface area contributed by atoms with Gasteiger partial charge in [0.1, 0.15) is 0 Å². The van der Waals surface area contributed by atoms with Crippen LogP contribution in [0.4, 0.5) is 4.79 Å². The molecule has 3 amide bonds. The van der Waals surface area contributed by atoms with Crippen molar-refractivity contribution in [2.45, 2.75) is 5.00 Å². The number of hydrogen-bond acceptors (Lipinski definition) is 2. The number of hydrogen-bond donors (Lipinski definition) is 0. The monoisotopic (exact) mass is 276 g/mol. The number of imide groups is 1. The van der Waals surface area contributed by atoms with E-state index in [0.717, 1.165) is 16.0 Å². The van der Waals surface area contributed by atoms with Crippen molar-refractivity contribution in [2.24, 2.45) is 5.92 Å². The van der Waals surface area contributed by atoms with Crippen LogP contribution in [0.2, 0.25) is 0 Å². The molecule has 1 saturated heterocycles. The summed E-state index contributed by atoms with van der Waals surface area (Å²) in [6.07, 6.45) is 1.84. The van der Waals surface area contributed by atoms with Crippen LogP contribution >= 0.6 is 11.6 Å². The predicted molar refractivity (Wildman–Crippen MR) is 72.4 cm³/mol. The number of halogens is 1. The number of urea groups is 1. The standard InChI is InChI=1S/C14H13ClN2O2/c1-16-12(18)11-8-10(9-6-4-3-5-7-9)14(11,15)17(2)13(16)19/h3-8,11H,1-2H3. The lowest BCUT2D eigenvalue weighted by molar-refractivity contribution is -0.135. The lowest BCUT2D eigenvalue weighted by Crippen LogP contribution is -2.67. The molecule has 5 heteroatoms. The van der Waals surface area contributed by atoms with E-state index in [0.29, 0.717) is 0 Å². The van der Waals surface area contributed by atoms with Crippen LogP contribution in [0.1, 0.15) is 5.56 Å². The van der Waals surface area contributed by atoms with Crippen molar-refractivity contribution in [3.63, 3.8) is 0 Å². The largest absolute Gasteiger partial charge is 0.327 e. The fourth-order valence-corrected chi connectivity index (χ4v) is 3.07. The smallest absolute Gasteiger partial charge is 0.303 e. The summed E-state index contributed by atoms with van der Waals surface area (Å²) in [5.41, 5.74) is 1.75. The third-order valence-corrected chi connectivity index (χ3v) is 4.56. The molecule has 98 valence electrons. The van der Waals surface area contributed by atoms with E-state index in [9.17, 15) is 9.59 Å². The van der Waals surface area contributed by atoms with Crippen molar-refractivity contribution in [3.05, 3.63) is 42.0 Å². The number of amides is 3. The Morgan fingerprint density at radius 2 is 1.79 bits per heavy atom. The molecule has 1 fully saturated rings. The lowest BCUT2D eigenvalue weighted by atomic mass is 9.73. The summed E-state index contributed by atoms with van der Waals surface area (Å²) in [6, 6.07) is 9.19. The normalized spacial score (nSPS) is 29.8. The molecule has 0 radical (unpaired) electrons. The van der Waals surface area contributed by atoms with Crippen molar-refractivity contribution in [3.8, 4) is 0 Å². The Morgan fingerprint density at radius 3 is 2.42 bits per heavy atom. The molecule has 1 aromatic rings. The Kier molecular flexibility index (Phi) is 2.47. The second-order valence-electron chi connectivity index (χ2n) is 4.84. The molecule has 1 aliphatic heterocycles. The highest BCUT2D eigenvalue weighted by molar-refractivity contribution is 6.36. The molecule has 3 rings (SSSR count). The molecule has 19 heavy (non-hydrogen) atoms. The first-order valence-corrected chi connectivity index (χ1v) is 6.37. The first kappa shape index (κ1) is 12.2. The molecule has 0 N–H and O–H groups in total. The number of nitrogens with zero attached hydrogens (tertiary/aromatic N) is 2. The maximum atomic E-state index is 12.1. The average Bonchev–Trinajstić information content (AvgIpc) is 2.42. The van der Waals surface area contributed by atoms with E-state index in [1.54, 1.807) is 7.05 Å². The second kappa shape index (κ2) is 3.84. The fourth-order valence-electron chi connectivity index (χ4n) is 2.67. The van der Waals surface area contributed by atoms with Gasteiger partial charge in [-0.15, -0.1) is 0 Å². The van der Waals surface area contributed by atoms with Crippen LogP contribution in [0.25, 0.3) is 5.57 Å². The summed E-state index contributed by atoms with van der Waals surface area (Å²) in [7, 11) is 3.10. The van der Waals surface area contributed by atoms with Crippen LogP contribution in [0.3, 0.4) is 0 Å². The summed E-state index contributed by atoms with van der Waals surface area (Å²) in [5.74, 6) is -0.727. The quantitative estimate of drug-likeness (QED) is 0.583. The molecule has 0 bridgehead atoms. The summed E-state index contributed by atoms with van der Waals surface area (Å²) in [6.45, 7) is 0. The molecular weight excluding hydrogens is 264 g/mol. The maximum Gasteiger partial charge on any atom is 0.327 e. The van der Waals surface area contributed by atoms with Gasteiger partial charge < -0.3 is 4.90 Å². The highest BCUT2D eigenvalue weighted by atomic mass is 35.5. The number of alkyl halides is 1. The van der Waals surface area contributed by atoms with Gasteiger partial charge in [0.15, 0.2) is 5.00 Å². The third kappa shape index (κ3) is 1.40. The van der Waals surface area contributed by atoms with Gasteiger partial charge in [-0.05, 0) is 11.1 Å². The maximum absolute atomic E-state index is 12.1. The number of carbonyl (C=O) groups excluding carboxylic acids is 2. The van der Waals surface area contributed by atoms with Crippen molar-refractivity contribution in [1.29, 1.82) is 0 Å². The van der Waals surface area contributed by atoms with E-state index in [2.05, 4.69) is 0 Å². The molecule has 2 aliphatic rings. The first-order chi connectivity index (χ1) is 8.98. The number of rotatable bonds is 1. The minimum Gasteiger partial charge on any atom is -0.303 e. The molecule has 2 unspecified atom stereocenters. The predicted octanol–water partition coefficient (Wildman–Crippen LogP) is 2.16. The van der Waals surface area contributed by atoms with Crippen LogP contribution in [-0.2, 0) is 4.79 Å². The van der Waals surface area contributed by atoms with Gasteiger partial charge in [0.05, 0.1) is 5.92 Å². The first-order valence-electron chi connectivity index (χ1n) is 6.00. The Balaban J connectivity index is 2.08. The molecule has 2 atom stereocenters. The number of fused-ring (bicyclic) bond motifs is 1. The van der Waals surface area contributed by atoms with Gasteiger partial charge in [0.25, 0.3) is 0 Å². The lowest BCUT2D eigenvalue weighted by Gasteiger charge is -2.53. The summed E-state index contributed by atoms with van der Waals surface area (Å²) < 4.78 is 0. The zero-order valence-corrected chi connectivity index (χ0v) is 11.4. The molecular formula is C14H13ClN2O2. The SMILES string of the molecule is CN1C(=O)C2C=C(c3ccccc3)C2(Cl)N(C)C1=O. The van der Waals surface area contributed by atoms with Crippen LogP contribution in [0, 0.1) is 5.92 Å². The van der Waals surface area contributed by atoms with E-state index in [4.69, 9.17) is 11.6 Å². The number of benzene rings is 1. The topological polar surface area (TPSA) is 40.6 Å². The zero-order valence-electron chi connectivity index (χ0n) is 10.6. The van der Waals surface area contributed by atoms with Crippen LogP contribution in [0.5, 0.6) is 0 Å². The highest BCUT2D eigenvalue weighted by Crippen LogP contribution is 2.53. The Labute approximate surface area is 116 Å². The van der Waals surface area contributed by atoms with Gasteiger partial charge >= 0.3 is 6.03 Å². The van der Waals surface area contributed by atoms with Gasteiger partial charge in [-0.3, -0.25) is 9.69 Å². The minimum atomic E-state index is -1.05. The molecule has 1 heterocycles. The minimum absolute atomic E-state index is 0.252. The molecule has 0 spiro atoms.